The highest BCUT2D eigenvalue weighted by molar-refractivity contribution is 6.10. The zero-order valence-electron chi connectivity index (χ0n) is 15.9. The molecule has 3 heterocycles. The molecule has 0 aliphatic carbocycles. The van der Waals surface area contributed by atoms with Gasteiger partial charge in [-0.25, -0.2) is 0 Å². The number of piperidine rings is 2. The molecule has 0 saturated carbocycles. The van der Waals surface area contributed by atoms with Gasteiger partial charge in [0.2, 0.25) is 11.8 Å². The van der Waals surface area contributed by atoms with E-state index in [-0.39, 0.29) is 24.7 Å². The lowest BCUT2D eigenvalue weighted by atomic mass is 9.97. The molecule has 29 heavy (non-hydrogen) atoms. The van der Waals surface area contributed by atoms with Gasteiger partial charge in [-0.05, 0) is 31.4 Å². The molecule has 3 amide bonds. The van der Waals surface area contributed by atoms with Crippen LogP contribution < -0.4 is 15.5 Å². The summed E-state index contributed by atoms with van der Waals surface area (Å²) in [6.07, 6.45) is 4.80. The van der Waals surface area contributed by atoms with Gasteiger partial charge < -0.3 is 15.0 Å². The molecule has 150 valence electrons. The van der Waals surface area contributed by atoms with Crippen molar-refractivity contribution in [2.75, 3.05) is 18.0 Å². The van der Waals surface area contributed by atoms with E-state index in [2.05, 4.69) is 20.5 Å². The Morgan fingerprint density at radius 3 is 2.69 bits per heavy atom. The van der Waals surface area contributed by atoms with Gasteiger partial charge >= 0.3 is 0 Å². The normalized spacial score (nSPS) is 20.4. The molecule has 2 fully saturated rings. The summed E-state index contributed by atoms with van der Waals surface area (Å²) in [7, 11) is 0. The highest BCUT2D eigenvalue weighted by Crippen LogP contribution is 2.30. The van der Waals surface area contributed by atoms with Crippen molar-refractivity contribution in [1.29, 1.82) is 0 Å². The Balaban J connectivity index is 1.59. The van der Waals surface area contributed by atoms with E-state index in [0.717, 1.165) is 43.3 Å². The lowest BCUT2D eigenvalue weighted by Crippen LogP contribution is -2.52. The van der Waals surface area contributed by atoms with Crippen LogP contribution in [0.15, 0.2) is 30.5 Å². The topological polar surface area (TPSA) is 108 Å². The molecule has 0 bridgehead atoms. The molecular weight excluding hydrogens is 372 g/mol. The van der Waals surface area contributed by atoms with Crippen LogP contribution in [0.2, 0.25) is 0 Å². The lowest BCUT2D eigenvalue weighted by molar-refractivity contribution is -0.134. The van der Waals surface area contributed by atoms with Gasteiger partial charge in [0.1, 0.15) is 12.3 Å². The maximum absolute atomic E-state index is 12.9. The van der Waals surface area contributed by atoms with E-state index in [1.807, 2.05) is 12.1 Å². The van der Waals surface area contributed by atoms with Gasteiger partial charge in [0.25, 0.3) is 5.91 Å². The van der Waals surface area contributed by atoms with E-state index in [0.29, 0.717) is 11.1 Å². The Bertz CT molecular complexity index is 982. The maximum Gasteiger partial charge on any atom is 0.254 e. The summed E-state index contributed by atoms with van der Waals surface area (Å²) in [5.74, 6) is -1.10. The van der Waals surface area contributed by atoms with Gasteiger partial charge in [0, 0.05) is 42.7 Å². The van der Waals surface area contributed by atoms with Crippen LogP contribution in [-0.4, -0.2) is 48.1 Å². The second kappa shape index (κ2) is 7.98. The van der Waals surface area contributed by atoms with Crippen molar-refractivity contribution in [3.63, 3.8) is 0 Å². The number of hydrogen-bond acceptors (Lipinski definition) is 6. The third-order valence-electron chi connectivity index (χ3n) is 5.61. The van der Waals surface area contributed by atoms with Crippen LogP contribution in [0.1, 0.15) is 36.0 Å². The summed E-state index contributed by atoms with van der Waals surface area (Å²) < 4.78 is 0. The fourth-order valence-corrected chi connectivity index (χ4v) is 3.96. The Labute approximate surface area is 167 Å². The number of carbonyl (C=O) groups is 4. The minimum Gasteiger partial charge on any atom is -0.371 e. The second-order valence-electron chi connectivity index (χ2n) is 7.47. The van der Waals surface area contributed by atoms with Crippen LogP contribution in [0.3, 0.4) is 0 Å². The number of anilines is 1. The number of hydrogen-bond donors (Lipinski definition) is 2. The average molecular weight is 394 g/mol. The summed E-state index contributed by atoms with van der Waals surface area (Å²) in [6.45, 7) is 1.55. The van der Waals surface area contributed by atoms with Crippen LogP contribution in [0, 0.1) is 5.92 Å². The van der Waals surface area contributed by atoms with Crippen LogP contribution in [0.5, 0.6) is 0 Å². The second-order valence-corrected chi connectivity index (χ2v) is 7.47. The first-order valence-electron chi connectivity index (χ1n) is 9.79. The minimum absolute atomic E-state index is 0.106. The van der Waals surface area contributed by atoms with E-state index in [9.17, 15) is 19.2 Å². The van der Waals surface area contributed by atoms with Crippen LogP contribution >= 0.6 is 0 Å². The van der Waals surface area contributed by atoms with Crippen molar-refractivity contribution < 1.29 is 19.2 Å². The Morgan fingerprint density at radius 2 is 1.97 bits per heavy atom. The summed E-state index contributed by atoms with van der Waals surface area (Å²) in [5.41, 5.74) is 1.93. The third kappa shape index (κ3) is 3.83. The molecule has 1 atom stereocenters. The summed E-state index contributed by atoms with van der Waals surface area (Å²) in [6, 6.07) is 6.59. The van der Waals surface area contributed by atoms with Gasteiger partial charge in [-0.3, -0.25) is 24.7 Å². The van der Waals surface area contributed by atoms with Gasteiger partial charge in [-0.15, -0.1) is 0 Å². The highest BCUT2D eigenvalue weighted by Gasteiger charge is 2.29. The molecule has 1 aromatic heterocycles. The average Bonchev–Trinajstić information content (AvgIpc) is 2.75. The molecule has 8 heteroatoms. The minimum atomic E-state index is -0.735. The molecule has 2 saturated heterocycles. The number of para-hydroxylation sites is 1. The SMILES string of the molecule is O=CC1CCN(c2ccnc3c(C(=O)NC4CCC(=O)NC4=O)cccc23)CC1. The third-order valence-corrected chi connectivity index (χ3v) is 5.61. The van der Waals surface area contributed by atoms with E-state index in [1.165, 1.54) is 0 Å². The zero-order valence-corrected chi connectivity index (χ0v) is 15.9. The monoisotopic (exact) mass is 394 g/mol. The zero-order chi connectivity index (χ0) is 20.4. The quantitative estimate of drug-likeness (QED) is 0.596. The van der Waals surface area contributed by atoms with Crippen LogP contribution in [0.25, 0.3) is 10.9 Å². The number of nitrogens with zero attached hydrogens (tertiary/aromatic N) is 2. The van der Waals surface area contributed by atoms with Crippen LogP contribution in [0.4, 0.5) is 5.69 Å². The molecule has 2 N–H and O–H groups in total. The molecule has 1 unspecified atom stereocenters. The summed E-state index contributed by atoms with van der Waals surface area (Å²) in [5, 5.41) is 5.81. The maximum atomic E-state index is 12.9. The van der Waals surface area contributed by atoms with Crippen molar-refractivity contribution in [3.05, 3.63) is 36.0 Å². The number of rotatable bonds is 4. The van der Waals surface area contributed by atoms with Crippen molar-refractivity contribution in [3.8, 4) is 0 Å². The largest absolute Gasteiger partial charge is 0.371 e. The first-order chi connectivity index (χ1) is 14.1. The van der Waals surface area contributed by atoms with Gasteiger partial charge in [0.05, 0.1) is 11.1 Å². The number of carbonyl (C=O) groups excluding carboxylic acids is 4. The number of benzene rings is 1. The van der Waals surface area contributed by atoms with E-state index < -0.39 is 17.9 Å². The standard InChI is InChI=1S/C21H22N4O4/c26-12-13-7-10-25(11-8-13)17-6-9-22-19-14(17)2-1-3-15(19)20(28)23-16-4-5-18(27)24-21(16)29/h1-3,6,9,12-13,16H,4-5,7-8,10-11H2,(H,23,28)(H,24,27,29). The first-order valence-corrected chi connectivity index (χ1v) is 9.79. The molecule has 2 aromatic rings. The van der Waals surface area contributed by atoms with Gasteiger partial charge in [0.15, 0.2) is 0 Å². The fourth-order valence-electron chi connectivity index (χ4n) is 3.96. The van der Waals surface area contributed by atoms with E-state index in [1.54, 1.807) is 18.3 Å². The number of fused-ring (bicyclic) bond motifs is 1. The molecule has 1 aromatic carbocycles. The lowest BCUT2D eigenvalue weighted by Gasteiger charge is -2.32. The van der Waals surface area contributed by atoms with Crippen molar-refractivity contribution in [1.82, 2.24) is 15.6 Å². The molecule has 0 radical (unpaired) electrons. The number of nitrogens with one attached hydrogen (secondary N) is 2. The Kier molecular flexibility index (Phi) is 5.24. The predicted molar refractivity (Wildman–Crippen MR) is 106 cm³/mol. The predicted octanol–water partition coefficient (Wildman–Crippen LogP) is 1.19. The number of aromatic nitrogens is 1. The van der Waals surface area contributed by atoms with Crippen molar-refractivity contribution >= 4 is 40.6 Å². The number of imide groups is 1. The molecule has 2 aliphatic rings. The molecule has 2 aliphatic heterocycles. The summed E-state index contributed by atoms with van der Waals surface area (Å²) >= 11 is 0. The van der Waals surface area contributed by atoms with Gasteiger partial charge in [-0.2, -0.15) is 0 Å². The van der Waals surface area contributed by atoms with E-state index >= 15 is 0 Å². The molecular formula is C21H22N4O4. The van der Waals surface area contributed by atoms with Crippen molar-refractivity contribution in [2.24, 2.45) is 5.92 Å². The number of pyridine rings is 1. The summed E-state index contributed by atoms with van der Waals surface area (Å²) in [4.78, 5) is 53.8. The van der Waals surface area contributed by atoms with E-state index in [4.69, 9.17) is 0 Å². The van der Waals surface area contributed by atoms with Crippen molar-refractivity contribution in [2.45, 2.75) is 31.7 Å². The Hall–Kier alpha value is -3.29. The number of aldehydes is 1. The van der Waals surface area contributed by atoms with Crippen LogP contribution in [-0.2, 0) is 14.4 Å². The molecule has 4 rings (SSSR count). The fraction of sp³-hybridized carbons (Fsp3) is 0.381. The Morgan fingerprint density at radius 1 is 1.17 bits per heavy atom. The molecule has 8 nitrogen and oxygen atoms in total. The first kappa shape index (κ1) is 19.0. The highest BCUT2D eigenvalue weighted by atomic mass is 16.2. The smallest absolute Gasteiger partial charge is 0.254 e. The number of amides is 3. The van der Waals surface area contributed by atoms with Gasteiger partial charge in [-0.1, -0.05) is 12.1 Å². The molecule has 0 spiro atoms.